The average molecular weight is 445 g/mol. The van der Waals surface area contributed by atoms with E-state index in [0.717, 1.165) is 29.2 Å². The lowest BCUT2D eigenvalue weighted by Crippen LogP contribution is -2.46. The summed E-state index contributed by atoms with van der Waals surface area (Å²) in [5.41, 5.74) is 5.90. The molecule has 9 heteroatoms. The number of nitrogen functional groups attached to an aromatic ring is 1. The molecular weight excluding hydrogens is 404 g/mol. The van der Waals surface area contributed by atoms with Gasteiger partial charge in [-0.05, 0) is 33.6 Å². The minimum atomic E-state index is -2.62. The zero-order valence-electron chi connectivity index (χ0n) is 18.7. The lowest BCUT2D eigenvalue weighted by Gasteiger charge is -2.28. The Kier molecular flexibility index (Phi) is 14.5. The number of hydrogen-bond acceptors (Lipinski definition) is 8. The molecule has 0 radical (unpaired) electrons. The summed E-state index contributed by atoms with van der Waals surface area (Å²) in [5.74, 6) is 2.04. The molecule has 0 aliphatic carbocycles. The second-order valence-corrected chi connectivity index (χ2v) is 10.6. The van der Waals surface area contributed by atoms with Crippen molar-refractivity contribution in [1.29, 1.82) is 0 Å². The molecule has 0 saturated carbocycles. The van der Waals surface area contributed by atoms with Crippen LogP contribution in [-0.2, 0) is 19.7 Å². The molecule has 0 fully saturated rings. The maximum atomic E-state index is 5.91. The number of hydrogen-bond donors (Lipinski definition) is 1. The zero-order valence-corrected chi connectivity index (χ0v) is 20.6. The molecule has 0 aliphatic rings. The van der Waals surface area contributed by atoms with Crippen molar-refractivity contribution in [3.63, 3.8) is 0 Å². The van der Waals surface area contributed by atoms with Crippen LogP contribution in [-0.4, -0.2) is 49.3 Å². The van der Waals surface area contributed by atoms with Gasteiger partial charge >= 0.3 is 8.80 Å². The number of aryl methyl sites for hydroxylation is 1. The summed E-state index contributed by atoms with van der Waals surface area (Å²) in [7, 11) is -2.62. The van der Waals surface area contributed by atoms with Crippen LogP contribution in [0.4, 0.5) is 5.95 Å². The summed E-state index contributed by atoms with van der Waals surface area (Å²) in [6.45, 7) is 9.92. The largest absolute Gasteiger partial charge is 0.500 e. The van der Waals surface area contributed by atoms with Crippen LogP contribution in [0.25, 0.3) is 0 Å². The highest BCUT2D eigenvalue weighted by Crippen LogP contribution is 2.21. The lowest BCUT2D eigenvalue weighted by molar-refractivity contribution is 0.0708. The third kappa shape index (κ3) is 11.3. The second-order valence-electron chi connectivity index (χ2n) is 6.84. The number of nitrogens with two attached hydrogens (primary N) is 1. The molecule has 0 atom stereocenters. The first-order valence-electron chi connectivity index (χ1n) is 11.1. The van der Waals surface area contributed by atoms with Gasteiger partial charge in [-0.2, -0.15) is 9.97 Å². The van der Waals surface area contributed by atoms with Crippen molar-refractivity contribution in [2.24, 2.45) is 0 Å². The van der Waals surface area contributed by atoms with Crippen molar-refractivity contribution in [1.82, 2.24) is 15.0 Å². The summed E-state index contributed by atoms with van der Waals surface area (Å²) in [5, 5.41) is 0.726. The number of unbranched alkanes of at least 4 members (excludes halogenated alkanes) is 5. The summed E-state index contributed by atoms with van der Waals surface area (Å²) in [6.07, 6.45) is 9.24. The van der Waals surface area contributed by atoms with E-state index in [-0.39, 0.29) is 0 Å². The molecule has 168 valence electrons. The van der Waals surface area contributed by atoms with Crippen molar-refractivity contribution in [2.75, 3.05) is 31.3 Å². The van der Waals surface area contributed by atoms with Crippen molar-refractivity contribution < 1.29 is 13.3 Å². The number of nitrogens with zero attached hydrogens (tertiary/aromatic N) is 3. The van der Waals surface area contributed by atoms with Gasteiger partial charge in [0, 0.05) is 38.0 Å². The molecule has 1 rings (SSSR count). The van der Waals surface area contributed by atoms with Gasteiger partial charge in [0.25, 0.3) is 0 Å². The molecular formula is C20H40N4O3SSi. The van der Waals surface area contributed by atoms with E-state index in [1.165, 1.54) is 38.5 Å². The predicted molar refractivity (Wildman–Crippen MR) is 122 cm³/mol. The van der Waals surface area contributed by atoms with E-state index in [0.29, 0.717) is 32.2 Å². The van der Waals surface area contributed by atoms with Gasteiger partial charge < -0.3 is 19.0 Å². The topological polar surface area (TPSA) is 92.4 Å². The Hall–Kier alpha value is -0.743. The first-order chi connectivity index (χ1) is 14.1. The Morgan fingerprint density at radius 1 is 0.793 bits per heavy atom. The first kappa shape index (κ1) is 26.3. The lowest BCUT2D eigenvalue weighted by atomic mass is 10.1. The molecule has 1 aromatic rings. The molecule has 1 aromatic heterocycles. The molecule has 0 amide bonds. The minimum Gasteiger partial charge on any atom is -0.374 e. The Morgan fingerprint density at radius 2 is 1.41 bits per heavy atom. The Labute approximate surface area is 182 Å². The SMILES string of the molecule is CCCCCCCCSc1nc(N)nc(CCC[Si](OCC)(OCC)OCC)n1. The molecule has 0 saturated heterocycles. The van der Waals surface area contributed by atoms with Crippen molar-refractivity contribution in [2.45, 2.75) is 90.3 Å². The Balaban J connectivity index is 2.50. The van der Waals surface area contributed by atoms with E-state index >= 15 is 0 Å². The molecule has 29 heavy (non-hydrogen) atoms. The van der Waals surface area contributed by atoms with Gasteiger partial charge in [-0.1, -0.05) is 50.8 Å². The fraction of sp³-hybridized carbons (Fsp3) is 0.850. The quantitative estimate of drug-likeness (QED) is 0.194. The number of thioether (sulfide) groups is 1. The minimum absolute atomic E-state index is 0.295. The summed E-state index contributed by atoms with van der Waals surface area (Å²) in [6, 6.07) is 0.744. The predicted octanol–water partition coefficient (Wildman–Crippen LogP) is 4.89. The molecule has 2 N–H and O–H groups in total. The van der Waals surface area contributed by atoms with Gasteiger partial charge in [0.15, 0.2) is 5.16 Å². The monoisotopic (exact) mass is 444 g/mol. The van der Waals surface area contributed by atoms with Crippen molar-refractivity contribution in [3.8, 4) is 0 Å². The maximum absolute atomic E-state index is 5.91. The normalized spacial score (nSPS) is 11.9. The molecule has 7 nitrogen and oxygen atoms in total. The highest BCUT2D eigenvalue weighted by molar-refractivity contribution is 7.99. The highest BCUT2D eigenvalue weighted by Gasteiger charge is 2.39. The van der Waals surface area contributed by atoms with Crippen LogP contribution in [0.5, 0.6) is 0 Å². The fourth-order valence-corrected chi connectivity index (χ4v) is 6.57. The van der Waals surface area contributed by atoms with Crippen molar-refractivity contribution >= 4 is 26.5 Å². The number of anilines is 1. The fourth-order valence-electron chi connectivity index (χ4n) is 3.10. The van der Waals surface area contributed by atoms with E-state index < -0.39 is 8.80 Å². The van der Waals surface area contributed by atoms with Crippen LogP contribution in [0.3, 0.4) is 0 Å². The van der Waals surface area contributed by atoms with Gasteiger partial charge in [0.1, 0.15) is 5.82 Å². The molecule has 0 unspecified atom stereocenters. The molecule has 0 aromatic carbocycles. The van der Waals surface area contributed by atoms with Gasteiger partial charge in [-0.15, -0.1) is 0 Å². The van der Waals surface area contributed by atoms with E-state index in [4.69, 9.17) is 19.0 Å². The summed E-state index contributed by atoms with van der Waals surface area (Å²) < 4.78 is 17.7. The van der Waals surface area contributed by atoms with Crippen LogP contribution in [0.15, 0.2) is 5.16 Å². The van der Waals surface area contributed by atoms with E-state index in [2.05, 4.69) is 21.9 Å². The van der Waals surface area contributed by atoms with Gasteiger partial charge in [0.2, 0.25) is 5.95 Å². The first-order valence-corrected chi connectivity index (χ1v) is 14.1. The summed E-state index contributed by atoms with van der Waals surface area (Å²) in [4.78, 5) is 13.2. The Bertz CT molecular complexity index is 537. The van der Waals surface area contributed by atoms with Crippen LogP contribution in [0, 0.1) is 0 Å². The standard InChI is InChI=1S/C20H40N4O3SSi/c1-5-9-10-11-12-13-16-28-20-23-18(22-19(21)24-20)15-14-17-29(25-6-2,26-7-3)27-8-4/h5-17H2,1-4H3,(H2,21,22,23,24). The van der Waals surface area contributed by atoms with E-state index in [1.54, 1.807) is 11.8 Å². The van der Waals surface area contributed by atoms with Crippen LogP contribution >= 0.6 is 11.8 Å². The van der Waals surface area contributed by atoms with Gasteiger partial charge in [-0.3, -0.25) is 0 Å². The van der Waals surface area contributed by atoms with Crippen LogP contribution in [0.1, 0.15) is 78.5 Å². The number of aromatic nitrogens is 3. The van der Waals surface area contributed by atoms with Crippen molar-refractivity contribution in [3.05, 3.63) is 5.82 Å². The third-order valence-electron chi connectivity index (χ3n) is 4.38. The maximum Gasteiger partial charge on any atom is 0.500 e. The smallest absolute Gasteiger partial charge is 0.374 e. The third-order valence-corrected chi connectivity index (χ3v) is 8.47. The molecule has 0 spiro atoms. The Morgan fingerprint density at radius 3 is 2.03 bits per heavy atom. The second kappa shape index (κ2) is 16.0. The molecule has 0 aliphatic heterocycles. The van der Waals surface area contributed by atoms with Gasteiger partial charge in [0.05, 0.1) is 0 Å². The highest BCUT2D eigenvalue weighted by atomic mass is 32.2. The molecule has 0 bridgehead atoms. The van der Waals surface area contributed by atoms with Crippen LogP contribution in [0.2, 0.25) is 6.04 Å². The van der Waals surface area contributed by atoms with Crippen LogP contribution < -0.4 is 5.73 Å². The van der Waals surface area contributed by atoms with Gasteiger partial charge in [-0.25, -0.2) is 4.98 Å². The average Bonchev–Trinajstić information content (AvgIpc) is 2.67. The van der Waals surface area contributed by atoms with E-state index in [9.17, 15) is 0 Å². The van der Waals surface area contributed by atoms with E-state index in [1.807, 2.05) is 20.8 Å². The zero-order chi connectivity index (χ0) is 21.4. The summed E-state index contributed by atoms with van der Waals surface area (Å²) >= 11 is 1.67. The number of rotatable bonds is 18. The molecule has 1 heterocycles.